The SMILES string of the molecule is Cc1nc(Nc2ccc(NC(=O)C(C)(C)C)cc2)cc(-n2ccnc2)n1. The number of carbonyl (C=O) groups excluding carboxylic acids is 1. The smallest absolute Gasteiger partial charge is 0.229 e. The summed E-state index contributed by atoms with van der Waals surface area (Å²) in [5, 5.41) is 6.17. The molecule has 0 radical (unpaired) electrons. The Hall–Kier alpha value is -3.22. The van der Waals surface area contributed by atoms with Crippen LogP contribution in [0.5, 0.6) is 0 Å². The Kier molecular flexibility index (Phi) is 4.71. The van der Waals surface area contributed by atoms with Crippen molar-refractivity contribution < 1.29 is 4.79 Å². The van der Waals surface area contributed by atoms with Gasteiger partial charge in [-0.1, -0.05) is 20.8 Å². The molecule has 7 nitrogen and oxygen atoms in total. The molecule has 1 aromatic carbocycles. The monoisotopic (exact) mass is 350 g/mol. The fraction of sp³-hybridized carbons (Fsp3) is 0.263. The highest BCUT2D eigenvalue weighted by molar-refractivity contribution is 5.94. The van der Waals surface area contributed by atoms with Gasteiger partial charge in [-0.05, 0) is 31.2 Å². The number of rotatable bonds is 4. The van der Waals surface area contributed by atoms with Crippen LogP contribution in [0.1, 0.15) is 26.6 Å². The summed E-state index contributed by atoms with van der Waals surface area (Å²) in [7, 11) is 0. The van der Waals surface area contributed by atoms with Crippen molar-refractivity contribution in [2.45, 2.75) is 27.7 Å². The lowest BCUT2D eigenvalue weighted by molar-refractivity contribution is -0.123. The van der Waals surface area contributed by atoms with E-state index in [0.717, 1.165) is 17.2 Å². The minimum atomic E-state index is -0.431. The van der Waals surface area contributed by atoms with E-state index in [1.54, 1.807) is 12.5 Å². The fourth-order valence-electron chi connectivity index (χ4n) is 2.25. The molecule has 0 atom stereocenters. The number of benzene rings is 1. The Balaban J connectivity index is 1.74. The van der Waals surface area contributed by atoms with Crippen LogP contribution in [0.15, 0.2) is 49.1 Å². The average molecular weight is 350 g/mol. The third-order valence-electron chi connectivity index (χ3n) is 3.69. The lowest BCUT2D eigenvalue weighted by atomic mass is 9.95. The largest absolute Gasteiger partial charge is 0.340 e. The van der Waals surface area contributed by atoms with Crippen LogP contribution < -0.4 is 10.6 Å². The number of aryl methyl sites for hydroxylation is 1. The van der Waals surface area contributed by atoms with Crippen LogP contribution in [0, 0.1) is 12.3 Å². The summed E-state index contributed by atoms with van der Waals surface area (Å²) in [4.78, 5) is 24.9. The Bertz CT molecular complexity index is 895. The van der Waals surface area contributed by atoms with E-state index in [1.807, 2.05) is 68.8 Å². The zero-order valence-electron chi connectivity index (χ0n) is 15.3. The van der Waals surface area contributed by atoms with Gasteiger partial charge in [0.15, 0.2) is 0 Å². The first-order valence-corrected chi connectivity index (χ1v) is 8.34. The lowest BCUT2D eigenvalue weighted by Crippen LogP contribution is -2.27. The molecule has 7 heteroatoms. The summed E-state index contributed by atoms with van der Waals surface area (Å²) < 4.78 is 1.82. The van der Waals surface area contributed by atoms with Crippen LogP contribution in [-0.2, 0) is 4.79 Å². The summed E-state index contributed by atoms with van der Waals surface area (Å²) in [6, 6.07) is 9.36. The van der Waals surface area contributed by atoms with Crippen LogP contribution in [0.25, 0.3) is 5.82 Å². The van der Waals surface area contributed by atoms with E-state index in [4.69, 9.17) is 0 Å². The average Bonchev–Trinajstić information content (AvgIpc) is 3.10. The minimum absolute atomic E-state index is 0.0189. The van der Waals surface area contributed by atoms with Crippen LogP contribution in [0.3, 0.4) is 0 Å². The van der Waals surface area contributed by atoms with E-state index in [9.17, 15) is 4.79 Å². The number of imidazole rings is 1. The number of nitrogens with one attached hydrogen (secondary N) is 2. The van der Waals surface area contributed by atoms with Crippen LogP contribution in [-0.4, -0.2) is 25.4 Å². The molecule has 134 valence electrons. The number of aromatic nitrogens is 4. The predicted octanol–water partition coefficient (Wildman–Crippen LogP) is 3.70. The summed E-state index contributed by atoms with van der Waals surface area (Å²) in [5.74, 6) is 2.07. The molecule has 2 heterocycles. The van der Waals surface area contributed by atoms with Gasteiger partial charge in [-0.15, -0.1) is 0 Å². The molecule has 2 aromatic heterocycles. The highest BCUT2D eigenvalue weighted by Crippen LogP contribution is 2.21. The lowest BCUT2D eigenvalue weighted by Gasteiger charge is -2.17. The number of carbonyl (C=O) groups is 1. The van der Waals surface area contributed by atoms with E-state index in [-0.39, 0.29) is 5.91 Å². The van der Waals surface area contributed by atoms with Crippen molar-refractivity contribution in [3.8, 4) is 5.82 Å². The first kappa shape index (κ1) is 17.6. The van der Waals surface area contributed by atoms with E-state index in [0.29, 0.717) is 11.6 Å². The van der Waals surface area contributed by atoms with Gasteiger partial charge in [0.1, 0.15) is 23.8 Å². The van der Waals surface area contributed by atoms with Gasteiger partial charge >= 0.3 is 0 Å². The number of nitrogens with zero attached hydrogens (tertiary/aromatic N) is 4. The maximum Gasteiger partial charge on any atom is 0.229 e. The molecule has 26 heavy (non-hydrogen) atoms. The number of anilines is 3. The minimum Gasteiger partial charge on any atom is -0.340 e. The first-order chi connectivity index (χ1) is 12.3. The van der Waals surface area contributed by atoms with Crippen molar-refractivity contribution in [1.29, 1.82) is 0 Å². The van der Waals surface area contributed by atoms with Gasteiger partial charge in [-0.25, -0.2) is 15.0 Å². The molecular weight excluding hydrogens is 328 g/mol. The molecule has 0 aliphatic heterocycles. The van der Waals surface area contributed by atoms with Crippen LogP contribution in [0.4, 0.5) is 17.2 Å². The normalized spacial score (nSPS) is 11.2. The molecule has 0 aliphatic rings. The van der Waals surface area contributed by atoms with Crippen LogP contribution in [0.2, 0.25) is 0 Å². The molecular formula is C19H22N6O. The molecule has 0 spiro atoms. The third-order valence-corrected chi connectivity index (χ3v) is 3.69. The quantitative estimate of drug-likeness (QED) is 0.749. The molecule has 1 amide bonds. The number of hydrogen-bond donors (Lipinski definition) is 2. The zero-order chi connectivity index (χ0) is 18.7. The van der Waals surface area contributed by atoms with Gasteiger partial charge < -0.3 is 10.6 Å². The summed E-state index contributed by atoms with van der Waals surface area (Å²) in [5.41, 5.74) is 1.20. The van der Waals surface area contributed by atoms with Gasteiger partial charge in [-0.2, -0.15) is 0 Å². The molecule has 3 aromatic rings. The van der Waals surface area contributed by atoms with Gasteiger partial charge in [0.05, 0.1) is 0 Å². The van der Waals surface area contributed by atoms with Crippen LogP contribution >= 0.6 is 0 Å². The molecule has 3 rings (SSSR count). The van der Waals surface area contributed by atoms with Gasteiger partial charge in [0.25, 0.3) is 0 Å². The van der Waals surface area contributed by atoms with E-state index in [2.05, 4.69) is 25.6 Å². The predicted molar refractivity (Wildman–Crippen MR) is 102 cm³/mol. The van der Waals surface area contributed by atoms with Crippen molar-refractivity contribution in [3.05, 3.63) is 54.9 Å². The second-order valence-corrected chi connectivity index (χ2v) is 7.04. The topological polar surface area (TPSA) is 84.7 Å². The molecule has 0 unspecified atom stereocenters. The Morgan fingerprint density at radius 1 is 1.08 bits per heavy atom. The van der Waals surface area contributed by atoms with E-state index >= 15 is 0 Å². The zero-order valence-corrected chi connectivity index (χ0v) is 15.3. The summed E-state index contributed by atoms with van der Waals surface area (Å²) >= 11 is 0. The molecule has 0 saturated carbocycles. The molecule has 0 bridgehead atoms. The number of amides is 1. The van der Waals surface area contributed by atoms with Gasteiger partial charge in [-0.3, -0.25) is 9.36 Å². The standard InChI is InChI=1S/C19H22N6O/c1-13-21-16(11-17(22-13)25-10-9-20-12-25)23-14-5-7-15(8-6-14)24-18(26)19(2,3)4/h5-12H,1-4H3,(H,24,26)(H,21,22,23). The molecule has 0 saturated heterocycles. The second kappa shape index (κ2) is 6.95. The first-order valence-electron chi connectivity index (χ1n) is 8.34. The van der Waals surface area contributed by atoms with Crippen molar-refractivity contribution in [1.82, 2.24) is 19.5 Å². The highest BCUT2D eigenvalue weighted by Gasteiger charge is 2.20. The molecule has 0 aliphatic carbocycles. The van der Waals surface area contributed by atoms with E-state index in [1.165, 1.54) is 0 Å². The Morgan fingerprint density at radius 3 is 2.38 bits per heavy atom. The van der Waals surface area contributed by atoms with E-state index < -0.39 is 5.41 Å². The van der Waals surface area contributed by atoms with Gasteiger partial charge in [0, 0.05) is 35.2 Å². The molecule has 0 fully saturated rings. The van der Waals surface area contributed by atoms with Crippen molar-refractivity contribution in [2.24, 2.45) is 5.41 Å². The highest BCUT2D eigenvalue weighted by atomic mass is 16.2. The Labute approximate surface area is 152 Å². The van der Waals surface area contributed by atoms with Gasteiger partial charge in [0.2, 0.25) is 5.91 Å². The van der Waals surface area contributed by atoms with Crippen molar-refractivity contribution >= 4 is 23.1 Å². The third kappa shape index (κ3) is 4.24. The fourth-order valence-corrected chi connectivity index (χ4v) is 2.25. The summed E-state index contributed by atoms with van der Waals surface area (Å²) in [6.07, 6.45) is 5.23. The molecule has 2 N–H and O–H groups in total. The number of hydrogen-bond acceptors (Lipinski definition) is 5. The maximum atomic E-state index is 12.0. The maximum absolute atomic E-state index is 12.0. The summed E-state index contributed by atoms with van der Waals surface area (Å²) in [6.45, 7) is 7.49. The van der Waals surface area contributed by atoms with Crippen molar-refractivity contribution in [3.63, 3.8) is 0 Å². The Morgan fingerprint density at radius 2 is 1.77 bits per heavy atom. The second-order valence-electron chi connectivity index (χ2n) is 7.04. The van der Waals surface area contributed by atoms with Crippen molar-refractivity contribution in [2.75, 3.05) is 10.6 Å².